The first-order chi connectivity index (χ1) is 9.81. The van der Waals surface area contributed by atoms with Gasteiger partial charge >= 0.3 is 0 Å². The van der Waals surface area contributed by atoms with Gasteiger partial charge in [0.05, 0.1) is 0 Å². The van der Waals surface area contributed by atoms with Crippen LogP contribution >= 0.6 is 0 Å². The van der Waals surface area contributed by atoms with Gasteiger partial charge in [0, 0.05) is 43.4 Å². The lowest BCUT2D eigenvalue weighted by Crippen LogP contribution is -2.52. The number of anilines is 1. The van der Waals surface area contributed by atoms with Crippen molar-refractivity contribution in [1.29, 1.82) is 0 Å². The van der Waals surface area contributed by atoms with Gasteiger partial charge in [-0.3, -0.25) is 0 Å². The number of hydrogen-bond donors (Lipinski definition) is 0. The molecule has 0 radical (unpaired) electrons. The average Bonchev–Trinajstić information content (AvgIpc) is 2.86. The van der Waals surface area contributed by atoms with Crippen LogP contribution in [-0.2, 0) is 0 Å². The van der Waals surface area contributed by atoms with Gasteiger partial charge < -0.3 is 9.80 Å². The van der Waals surface area contributed by atoms with E-state index in [1.165, 1.54) is 17.7 Å². The van der Waals surface area contributed by atoms with Crippen LogP contribution in [0, 0.1) is 5.92 Å². The molecule has 2 unspecified atom stereocenters. The zero-order valence-corrected chi connectivity index (χ0v) is 11.7. The van der Waals surface area contributed by atoms with Gasteiger partial charge in [-0.2, -0.15) is 0 Å². The highest BCUT2D eigenvalue weighted by molar-refractivity contribution is 5.63. The van der Waals surface area contributed by atoms with E-state index in [0.717, 1.165) is 30.9 Å². The maximum Gasteiger partial charge on any atom is 0.128 e. The third-order valence-corrected chi connectivity index (χ3v) is 4.67. The molecule has 0 amide bonds. The molecule has 2 aliphatic rings. The Morgan fingerprint density at radius 3 is 2.45 bits per heavy atom. The van der Waals surface area contributed by atoms with E-state index >= 15 is 0 Å². The third kappa shape index (κ3) is 1.90. The molecule has 3 nitrogen and oxygen atoms in total. The fraction of sp³-hybridized carbons (Fsp3) is 0.353. The topological polar surface area (TPSA) is 19.4 Å². The molecule has 3 heterocycles. The quantitative estimate of drug-likeness (QED) is 0.831. The van der Waals surface area contributed by atoms with E-state index in [9.17, 15) is 0 Å². The van der Waals surface area contributed by atoms with E-state index in [-0.39, 0.29) is 0 Å². The highest BCUT2D eigenvalue weighted by Crippen LogP contribution is 2.33. The molecule has 0 bridgehead atoms. The van der Waals surface area contributed by atoms with E-state index in [2.05, 4.69) is 58.2 Å². The van der Waals surface area contributed by atoms with Crippen molar-refractivity contribution in [3.8, 4) is 11.1 Å². The molecule has 3 heteroatoms. The van der Waals surface area contributed by atoms with Gasteiger partial charge in [0.25, 0.3) is 0 Å². The minimum atomic E-state index is 0.741. The summed E-state index contributed by atoms with van der Waals surface area (Å²) in [6.45, 7) is 3.52. The van der Waals surface area contributed by atoms with Gasteiger partial charge in [-0.1, -0.05) is 30.3 Å². The molecule has 1 aromatic heterocycles. The van der Waals surface area contributed by atoms with Crippen LogP contribution in [-0.4, -0.2) is 42.6 Å². The highest BCUT2D eigenvalue weighted by atomic mass is 15.3. The zero-order chi connectivity index (χ0) is 13.5. The molecule has 2 saturated heterocycles. The summed E-state index contributed by atoms with van der Waals surface area (Å²) in [6.07, 6.45) is 1.99. The molecule has 20 heavy (non-hydrogen) atoms. The summed E-state index contributed by atoms with van der Waals surface area (Å²) in [5.74, 6) is 1.96. The van der Waals surface area contributed by atoms with E-state index in [4.69, 9.17) is 0 Å². The number of fused-ring (bicyclic) bond motifs is 1. The minimum absolute atomic E-state index is 0.741. The molecule has 0 aliphatic carbocycles. The van der Waals surface area contributed by atoms with Crippen LogP contribution in [0.3, 0.4) is 0 Å². The highest BCUT2D eigenvalue weighted by Gasteiger charge is 2.43. The van der Waals surface area contributed by atoms with Crippen LogP contribution in [0.4, 0.5) is 5.82 Å². The summed E-state index contributed by atoms with van der Waals surface area (Å²) < 4.78 is 0. The third-order valence-electron chi connectivity index (χ3n) is 4.67. The molecule has 0 saturated carbocycles. The first-order valence-electron chi connectivity index (χ1n) is 7.28. The number of pyridine rings is 1. The van der Waals surface area contributed by atoms with Crippen molar-refractivity contribution in [3.63, 3.8) is 0 Å². The predicted molar refractivity (Wildman–Crippen MR) is 81.8 cm³/mol. The molecule has 2 fully saturated rings. The smallest absolute Gasteiger partial charge is 0.128 e. The monoisotopic (exact) mass is 265 g/mol. The zero-order valence-electron chi connectivity index (χ0n) is 11.7. The SMILES string of the molecule is CN1CC2CN(c3ccc(-c4ccccc4)cn3)CC21. The Morgan fingerprint density at radius 1 is 0.950 bits per heavy atom. The van der Waals surface area contributed by atoms with Crippen LogP contribution < -0.4 is 4.90 Å². The number of nitrogens with zero attached hydrogens (tertiary/aromatic N) is 3. The molecular weight excluding hydrogens is 246 g/mol. The van der Waals surface area contributed by atoms with Gasteiger partial charge in [0.2, 0.25) is 0 Å². The molecule has 2 aliphatic heterocycles. The van der Waals surface area contributed by atoms with Crippen molar-refractivity contribution >= 4 is 5.82 Å². The van der Waals surface area contributed by atoms with Gasteiger partial charge in [-0.05, 0) is 24.7 Å². The Balaban J connectivity index is 1.54. The van der Waals surface area contributed by atoms with Crippen LogP contribution in [0.2, 0.25) is 0 Å². The van der Waals surface area contributed by atoms with E-state index in [1.807, 2.05) is 12.3 Å². The largest absolute Gasteiger partial charge is 0.355 e. The minimum Gasteiger partial charge on any atom is -0.355 e. The Labute approximate surface area is 119 Å². The van der Waals surface area contributed by atoms with Crippen molar-refractivity contribution in [2.45, 2.75) is 6.04 Å². The summed E-state index contributed by atoms with van der Waals surface area (Å²) in [6, 6.07) is 15.5. The van der Waals surface area contributed by atoms with E-state index in [0.29, 0.717) is 0 Å². The summed E-state index contributed by atoms with van der Waals surface area (Å²) in [5, 5.41) is 0. The Morgan fingerprint density at radius 2 is 1.80 bits per heavy atom. The number of hydrogen-bond acceptors (Lipinski definition) is 3. The summed E-state index contributed by atoms with van der Waals surface area (Å²) in [7, 11) is 2.22. The van der Waals surface area contributed by atoms with E-state index < -0.39 is 0 Å². The van der Waals surface area contributed by atoms with Gasteiger partial charge in [-0.25, -0.2) is 4.98 Å². The van der Waals surface area contributed by atoms with Crippen LogP contribution in [0.5, 0.6) is 0 Å². The maximum atomic E-state index is 4.67. The number of benzene rings is 1. The molecule has 2 atom stereocenters. The molecular formula is C17H19N3. The lowest BCUT2D eigenvalue weighted by molar-refractivity contribution is 0.0827. The Hall–Kier alpha value is -1.87. The molecule has 1 aromatic carbocycles. The summed E-state index contributed by atoms with van der Waals surface area (Å²) in [4.78, 5) is 9.54. The van der Waals surface area contributed by atoms with Crippen molar-refractivity contribution in [2.24, 2.45) is 5.92 Å². The molecule has 0 spiro atoms. The maximum absolute atomic E-state index is 4.67. The van der Waals surface area contributed by atoms with E-state index in [1.54, 1.807) is 0 Å². The Kier molecular flexibility index (Phi) is 2.74. The first-order valence-corrected chi connectivity index (χ1v) is 7.28. The van der Waals surface area contributed by atoms with Crippen LogP contribution in [0.25, 0.3) is 11.1 Å². The van der Waals surface area contributed by atoms with Crippen molar-refractivity contribution in [2.75, 3.05) is 31.6 Å². The fourth-order valence-electron chi connectivity index (χ4n) is 3.46. The molecule has 4 rings (SSSR count). The van der Waals surface area contributed by atoms with Crippen molar-refractivity contribution in [3.05, 3.63) is 48.7 Å². The predicted octanol–water partition coefficient (Wildman–Crippen LogP) is 2.50. The number of likely N-dealkylation sites (N-methyl/N-ethyl adjacent to an activating group) is 1. The normalized spacial score (nSPS) is 25.4. The summed E-state index contributed by atoms with van der Waals surface area (Å²) >= 11 is 0. The molecule has 2 aromatic rings. The van der Waals surface area contributed by atoms with Crippen LogP contribution in [0.15, 0.2) is 48.7 Å². The lowest BCUT2D eigenvalue weighted by Gasteiger charge is -2.40. The second-order valence-electron chi connectivity index (χ2n) is 5.94. The van der Waals surface area contributed by atoms with Gasteiger partial charge in [0.15, 0.2) is 0 Å². The average molecular weight is 265 g/mol. The van der Waals surface area contributed by atoms with Gasteiger partial charge in [-0.15, -0.1) is 0 Å². The summed E-state index contributed by atoms with van der Waals surface area (Å²) in [5.41, 5.74) is 2.42. The second kappa shape index (κ2) is 4.60. The standard InChI is InChI=1S/C17H19N3/c1-19-10-15-11-20(12-16(15)19)17-8-7-14(9-18-17)13-5-3-2-4-6-13/h2-9,15-16H,10-12H2,1H3. The molecule has 102 valence electrons. The van der Waals surface area contributed by atoms with Crippen molar-refractivity contribution in [1.82, 2.24) is 9.88 Å². The van der Waals surface area contributed by atoms with Crippen molar-refractivity contribution < 1.29 is 0 Å². The van der Waals surface area contributed by atoms with Crippen LogP contribution in [0.1, 0.15) is 0 Å². The Bertz CT molecular complexity index is 593. The lowest BCUT2D eigenvalue weighted by atomic mass is 9.93. The first kappa shape index (κ1) is 11.9. The number of likely N-dealkylation sites (tertiary alicyclic amines) is 1. The van der Waals surface area contributed by atoms with Gasteiger partial charge in [0.1, 0.15) is 5.82 Å². The number of rotatable bonds is 2. The number of aromatic nitrogens is 1. The second-order valence-corrected chi connectivity index (χ2v) is 5.94. The fourth-order valence-corrected chi connectivity index (χ4v) is 3.46. The molecule has 0 N–H and O–H groups in total.